The number of nitrogens with two attached hydrogens (primary N) is 1. The molecule has 0 spiro atoms. The molecule has 0 bridgehead atoms. The maximum atomic E-state index is 11.6. The molecule has 4 N–H and O–H groups in total. The molecule has 0 heterocycles. The summed E-state index contributed by atoms with van der Waals surface area (Å²) in [4.78, 5) is 11.6. The molecule has 2 amide bonds. The Labute approximate surface area is 103 Å². The summed E-state index contributed by atoms with van der Waals surface area (Å²) in [6.45, 7) is 7.01. The summed E-state index contributed by atoms with van der Waals surface area (Å²) in [5, 5.41) is 5.62. The van der Waals surface area contributed by atoms with Gasteiger partial charge in [-0.15, -0.1) is 0 Å². The van der Waals surface area contributed by atoms with Crippen molar-refractivity contribution < 1.29 is 4.79 Å². The Bertz CT molecular complexity index is 371. The quantitative estimate of drug-likeness (QED) is 0.702. The molecule has 0 radical (unpaired) electrons. The molecule has 1 aromatic rings. The SMILES string of the molecule is CCC(C)(C)CNC(=O)Nc1ccc(N)cc1. The monoisotopic (exact) mass is 235 g/mol. The summed E-state index contributed by atoms with van der Waals surface area (Å²) in [5.41, 5.74) is 7.11. The highest BCUT2D eigenvalue weighted by molar-refractivity contribution is 5.89. The fourth-order valence-electron chi connectivity index (χ4n) is 1.19. The lowest BCUT2D eigenvalue weighted by atomic mass is 9.90. The zero-order valence-corrected chi connectivity index (χ0v) is 10.7. The molecule has 4 nitrogen and oxygen atoms in total. The van der Waals surface area contributed by atoms with E-state index in [9.17, 15) is 4.79 Å². The third kappa shape index (κ3) is 4.76. The molecule has 1 rings (SSSR count). The highest BCUT2D eigenvalue weighted by atomic mass is 16.2. The van der Waals surface area contributed by atoms with Crippen LogP contribution in [0.25, 0.3) is 0 Å². The van der Waals surface area contributed by atoms with Crippen molar-refractivity contribution in [3.8, 4) is 0 Å². The molecular weight excluding hydrogens is 214 g/mol. The van der Waals surface area contributed by atoms with Gasteiger partial charge < -0.3 is 16.4 Å². The van der Waals surface area contributed by atoms with E-state index in [1.165, 1.54) is 0 Å². The number of anilines is 2. The molecule has 0 aromatic heterocycles. The zero-order valence-electron chi connectivity index (χ0n) is 10.7. The third-order valence-electron chi connectivity index (χ3n) is 2.85. The van der Waals surface area contributed by atoms with E-state index in [2.05, 4.69) is 31.4 Å². The summed E-state index contributed by atoms with van der Waals surface area (Å²) < 4.78 is 0. The van der Waals surface area contributed by atoms with Crippen LogP contribution in [0.5, 0.6) is 0 Å². The molecular formula is C13H21N3O. The number of urea groups is 1. The highest BCUT2D eigenvalue weighted by Gasteiger charge is 2.15. The first-order valence-corrected chi connectivity index (χ1v) is 5.83. The topological polar surface area (TPSA) is 67.2 Å². The Morgan fingerprint density at radius 3 is 2.41 bits per heavy atom. The Morgan fingerprint density at radius 2 is 1.88 bits per heavy atom. The molecule has 0 saturated heterocycles. The van der Waals surface area contributed by atoms with Gasteiger partial charge in [0, 0.05) is 17.9 Å². The van der Waals surface area contributed by atoms with Crippen LogP contribution in [0.15, 0.2) is 24.3 Å². The van der Waals surface area contributed by atoms with Crippen molar-refractivity contribution in [1.82, 2.24) is 5.32 Å². The van der Waals surface area contributed by atoms with E-state index in [0.717, 1.165) is 12.1 Å². The maximum absolute atomic E-state index is 11.6. The number of hydrogen-bond donors (Lipinski definition) is 3. The molecule has 0 aliphatic rings. The van der Waals surface area contributed by atoms with Gasteiger partial charge in [-0.2, -0.15) is 0 Å². The molecule has 17 heavy (non-hydrogen) atoms. The second-order valence-corrected chi connectivity index (χ2v) is 4.95. The van der Waals surface area contributed by atoms with Crippen molar-refractivity contribution in [2.24, 2.45) is 5.41 Å². The zero-order chi connectivity index (χ0) is 12.9. The molecule has 0 aliphatic heterocycles. The van der Waals surface area contributed by atoms with Crippen LogP contribution in [0.2, 0.25) is 0 Å². The average Bonchev–Trinajstić information content (AvgIpc) is 2.30. The van der Waals surface area contributed by atoms with Crippen LogP contribution in [-0.4, -0.2) is 12.6 Å². The molecule has 0 fully saturated rings. The number of carbonyl (C=O) groups is 1. The first-order valence-electron chi connectivity index (χ1n) is 5.83. The number of hydrogen-bond acceptors (Lipinski definition) is 2. The van der Waals surface area contributed by atoms with Gasteiger partial charge >= 0.3 is 6.03 Å². The van der Waals surface area contributed by atoms with Gasteiger partial charge in [0.05, 0.1) is 0 Å². The van der Waals surface area contributed by atoms with E-state index < -0.39 is 0 Å². The molecule has 0 aliphatic carbocycles. The van der Waals surface area contributed by atoms with Crippen LogP contribution < -0.4 is 16.4 Å². The summed E-state index contributed by atoms with van der Waals surface area (Å²) in [6.07, 6.45) is 1.02. The summed E-state index contributed by atoms with van der Waals surface area (Å²) in [5.74, 6) is 0. The van der Waals surface area contributed by atoms with Gasteiger partial charge in [-0.05, 0) is 36.1 Å². The fraction of sp³-hybridized carbons (Fsp3) is 0.462. The second kappa shape index (κ2) is 5.57. The Balaban J connectivity index is 2.42. The number of amides is 2. The van der Waals surface area contributed by atoms with Gasteiger partial charge in [-0.25, -0.2) is 4.79 Å². The fourth-order valence-corrected chi connectivity index (χ4v) is 1.19. The molecule has 0 atom stereocenters. The van der Waals surface area contributed by atoms with Crippen molar-refractivity contribution in [2.75, 3.05) is 17.6 Å². The predicted octanol–water partition coefficient (Wildman–Crippen LogP) is 2.83. The number of nitrogens with one attached hydrogen (secondary N) is 2. The van der Waals surface area contributed by atoms with E-state index in [1.54, 1.807) is 24.3 Å². The molecule has 1 aromatic carbocycles. The number of rotatable bonds is 4. The van der Waals surface area contributed by atoms with Crippen molar-refractivity contribution in [1.29, 1.82) is 0 Å². The van der Waals surface area contributed by atoms with Gasteiger partial charge in [0.1, 0.15) is 0 Å². The van der Waals surface area contributed by atoms with Gasteiger partial charge in [0.2, 0.25) is 0 Å². The summed E-state index contributed by atoms with van der Waals surface area (Å²) in [6, 6.07) is 6.88. The number of nitrogen functional groups attached to an aromatic ring is 1. The van der Waals surface area contributed by atoms with E-state index in [1.807, 2.05) is 0 Å². The standard InChI is InChI=1S/C13H21N3O/c1-4-13(2,3)9-15-12(17)16-11-7-5-10(14)6-8-11/h5-8H,4,9,14H2,1-3H3,(H2,15,16,17). The van der Waals surface area contributed by atoms with Gasteiger partial charge in [-0.3, -0.25) is 0 Å². The van der Waals surface area contributed by atoms with Crippen LogP contribution in [0.3, 0.4) is 0 Å². The van der Waals surface area contributed by atoms with Gasteiger partial charge in [0.15, 0.2) is 0 Å². The lowest BCUT2D eigenvalue weighted by Gasteiger charge is -2.22. The maximum Gasteiger partial charge on any atom is 0.319 e. The van der Waals surface area contributed by atoms with Crippen LogP contribution in [0, 0.1) is 5.41 Å². The number of benzene rings is 1. The molecule has 4 heteroatoms. The summed E-state index contributed by atoms with van der Waals surface area (Å²) >= 11 is 0. The largest absolute Gasteiger partial charge is 0.399 e. The second-order valence-electron chi connectivity index (χ2n) is 4.95. The van der Waals surface area contributed by atoms with E-state index in [0.29, 0.717) is 12.2 Å². The normalized spacial score (nSPS) is 11.0. The molecule has 0 unspecified atom stereocenters. The van der Waals surface area contributed by atoms with Crippen molar-refractivity contribution in [2.45, 2.75) is 27.2 Å². The predicted molar refractivity (Wildman–Crippen MR) is 71.9 cm³/mol. The van der Waals surface area contributed by atoms with Crippen molar-refractivity contribution in [3.05, 3.63) is 24.3 Å². The van der Waals surface area contributed by atoms with Crippen molar-refractivity contribution in [3.63, 3.8) is 0 Å². The van der Waals surface area contributed by atoms with E-state index in [-0.39, 0.29) is 11.4 Å². The van der Waals surface area contributed by atoms with E-state index >= 15 is 0 Å². The first kappa shape index (κ1) is 13.4. The first-order chi connectivity index (χ1) is 7.93. The number of carbonyl (C=O) groups excluding carboxylic acids is 1. The van der Waals surface area contributed by atoms with Gasteiger partial charge in [0.25, 0.3) is 0 Å². The van der Waals surface area contributed by atoms with Crippen LogP contribution >= 0.6 is 0 Å². The molecule has 0 saturated carbocycles. The minimum Gasteiger partial charge on any atom is -0.399 e. The van der Waals surface area contributed by atoms with Crippen LogP contribution in [-0.2, 0) is 0 Å². The Kier molecular flexibility index (Phi) is 4.37. The lowest BCUT2D eigenvalue weighted by Crippen LogP contribution is -2.36. The van der Waals surface area contributed by atoms with Crippen LogP contribution in [0.1, 0.15) is 27.2 Å². The Hall–Kier alpha value is -1.71. The average molecular weight is 235 g/mol. The highest BCUT2D eigenvalue weighted by Crippen LogP contribution is 2.17. The van der Waals surface area contributed by atoms with Crippen molar-refractivity contribution >= 4 is 17.4 Å². The minimum absolute atomic E-state index is 0.123. The third-order valence-corrected chi connectivity index (χ3v) is 2.85. The van der Waals surface area contributed by atoms with E-state index in [4.69, 9.17) is 5.73 Å². The van der Waals surface area contributed by atoms with Crippen LogP contribution in [0.4, 0.5) is 16.2 Å². The molecule has 94 valence electrons. The smallest absolute Gasteiger partial charge is 0.319 e. The van der Waals surface area contributed by atoms with Gasteiger partial charge in [-0.1, -0.05) is 20.8 Å². The minimum atomic E-state index is -0.184. The lowest BCUT2D eigenvalue weighted by molar-refractivity contribution is 0.244. The summed E-state index contributed by atoms with van der Waals surface area (Å²) in [7, 11) is 0. The Morgan fingerprint density at radius 1 is 1.29 bits per heavy atom.